The molecule has 1 atom stereocenters. The Balaban J connectivity index is 2.76. The van der Waals surface area contributed by atoms with Crippen molar-refractivity contribution in [2.24, 2.45) is 0 Å². The van der Waals surface area contributed by atoms with E-state index in [0.717, 1.165) is 0 Å². The third kappa shape index (κ3) is 3.51. The minimum atomic E-state index is -0.409. The summed E-state index contributed by atoms with van der Waals surface area (Å²) in [6, 6.07) is 5.63. The highest BCUT2D eigenvalue weighted by molar-refractivity contribution is 6.20. The van der Waals surface area contributed by atoms with Crippen LogP contribution in [0, 0.1) is 5.82 Å². The molecule has 0 saturated carbocycles. The van der Waals surface area contributed by atoms with E-state index in [4.69, 9.17) is 11.6 Å². The second kappa shape index (κ2) is 5.12. The van der Waals surface area contributed by atoms with Gasteiger partial charge in [0.25, 0.3) is 5.91 Å². The van der Waals surface area contributed by atoms with Gasteiger partial charge in [0.15, 0.2) is 0 Å². The standard InChI is InChI=1S/C11H13ClFNO/c1-8(12)7-14(2)11(15)9-4-3-5-10(13)6-9/h3-6,8H,7H2,1-2H3. The van der Waals surface area contributed by atoms with Gasteiger partial charge in [-0.05, 0) is 25.1 Å². The fraction of sp³-hybridized carbons (Fsp3) is 0.364. The molecule has 1 rings (SSSR count). The van der Waals surface area contributed by atoms with Crippen molar-refractivity contribution in [2.75, 3.05) is 13.6 Å². The number of alkyl halides is 1. The molecule has 1 aromatic rings. The molecular weight excluding hydrogens is 217 g/mol. The van der Waals surface area contributed by atoms with Crippen molar-refractivity contribution >= 4 is 17.5 Å². The lowest BCUT2D eigenvalue weighted by Gasteiger charge is -2.18. The molecule has 1 amide bonds. The van der Waals surface area contributed by atoms with Gasteiger partial charge in [-0.3, -0.25) is 4.79 Å². The number of rotatable bonds is 3. The van der Waals surface area contributed by atoms with Crippen LogP contribution in [0.1, 0.15) is 17.3 Å². The van der Waals surface area contributed by atoms with Gasteiger partial charge in [0.2, 0.25) is 0 Å². The lowest BCUT2D eigenvalue weighted by molar-refractivity contribution is 0.0795. The fourth-order valence-corrected chi connectivity index (χ4v) is 1.51. The number of halogens is 2. The topological polar surface area (TPSA) is 20.3 Å². The van der Waals surface area contributed by atoms with Crippen molar-refractivity contribution in [3.05, 3.63) is 35.6 Å². The minimum Gasteiger partial charge on any atom is -0.340 e. The van der Waals surface area contributed by atoms with Crippen LogP contribution >= 0.6 is 11.6 Å². The molecule has 0 spiro atoms. The maximum absolute atomic E-state index is 12.9. The van der Waals surface area contributed by atoms with E-state index in [0.29, 0.717) is 12.1 Å². The lowest BCUT2D eigenvalue weighted by Crippen LogP contribution is -2.31. The summed E-state index contributed by atoms with van der Waals surface area (Å²) in [5, 5.41) is -0.118. The van der Waals surface area contributed by atoms with Crippen molar-refractivity contribution < 1.29 is 9.18 Å². The first-order chi connectivity index (χ1) is 7.00. The first-order valence-electron chi connectivity index (χ1n) is 4.66. The Morgan fingerprint density at radius 2 is 2.27 bits per heavy atom. The van der Waals surface area contributed by atoms with Crippen LogP contribution in [0.2, 0.25) is 0 Å². The first-order valence-corrected chi connectivity index (χ1v) is 5.09. The van der Waals surface area contributed by atoms with Crippen LogP contribution in [-0.2, 0) is 0 Å². The zero-order valence-electron chi connectivity index (χ0n) is 8.71. The van der Waals surface area contributed by atoms with E-state index in [2.05, 4.69) is 0 Å². The van der Waals surface area contributed by atoms with Crippen molar-refractivity contribution in [1.29, 1.82) is 0 Å². The van der Waals surface area contributed by atoms with Crippen molar-refractivity contribution in [1.82, 2.24) is 4.90 Å². The van der Waals surface area contributed by atoms with Gasteiger partial charge in [-0.1, -0.05) is 6.07 Å². The monoisotopic (exact) mass is 229 g/mol. The summed E-state index contributed by atoms with van der Waals surface area (Å²) >= 11 is 5.77. The first kappa shape index (κ1) is 12.0. The zero-order chi connectivity index (χ0) is 11.4. The fourth-order valence-electron chi connectivity index (χ4n) is 1.30. The number of carbonyl (C=O) groups excluding carboxylic acids is 1. The molecule has 0 bridgehead atoms. The minimum absolute atomic E-state index is 0.118. The molecular formula is C11H13ClFNO. The number of nitrogens with zero attached hydrogens (tertiary/aromatic N) is 1. The van der Waals surface area contributed by atoms with Crippen LogP contribution in [0.4, 0.5) is 4.39 Å². The highest BCUT2D eigenvalue weighted by Crippen LogP contribution is 2.07. The molecule has 4 heteroatoms. The van der Waals surface area contributed by atoms with Crippen molar-refractivity contribution in [3.8, 4) is 0 Å². The average Bonchev–Trinajstić information content (AvgIpc) is 2.15. The van der Waals surface area contributed by atoms with Gasteiger partial charge in [-0.25, -0.2) is 4.39 Å². The smallest absolute Gasteiger partial charge is 0.253 e. The normalized spacial score (nSPS) is 12.3. The lowest BCUT2D eigenvalue weighted by atomic mass is 10.2. The molecule has 15 heavy (non-hydrogen) atoms. The largest absolute Gasteiger partial charge is 0.340 e. The Bertz CT molecular complexity index is 354. The number of hydrogen-bond donors (Lipinski definition) is 0. The molecule has 0 aromatic heterocycles. The summed E-state index contributed by atoms with van der Waals surface area (Å²) < 4.78 is 12.9. The van der Waals surface area contributed by atoms with E-state index in [1.54, 1.807) is 20.0 Å². The molecule has 0 N–H and O–H groups in total. The van der Waals surface area contributed by atoms with E-state index < -0.39 is 5.82 Å². The van der Waals surface area contributed by atoms with Gasteiger partial charge in [0, 0.05) is 24.5 Å². The van der Waals surface area contributed by atoms with Crippen LogP contribution in [0.25, 0.3) is 0 Å². The maximum Gasteiger partial charge on any atom is 0.253 e. The number of carbonyl (C=O) groups is 1. The number of benzene rings is 1. The Labute approximate surface area is 93.6 Å². The molecule has 0 aliphatic heterocycles. The van der Waals surface area contributed by atoms with Crippen LogP contribution in [0.15, 0.2) is 24.3 Å². The van der Waals surface area contributed by atoms with Crippen LogP contribution < -0.4 is 0 Å². The van der Waals surface area contributed by atoms with E-state index in [9.17, 15) is 9.18 Å². The van der Waals surface area contributed by atoms with Gasteiger partial charge in [-0.2, -0.15) is 0 Å². The van der Waals surface area contributed by atoms with E-state index in [1.807, 2.05) is 0 Å². The zero-order valence-corrected chi connectivity index (χ0v) is 9.46. The Kier molecular flexibility index (Phi) is 4.09. The van der Waals surface area contributed by atoms with E-state index in [-0.39, 0.29) is 11.3 Å². The molecule has 82 valence electrons. The SMILES string of the molecule is CC(Cl)CN(C)C(=O)c1cccc(F)c1. The summed E-state index contributed by atoms with van der Waals surface area (Å²) in [7, 11) is 1.64. The van der Waals surface area contributed by atoms with Gasteiger partial charge in [-0.15, -0.1) is 11.6 Å². The molecule has 0 fully saturated rings. The number of hydrogen-bond acceptors (Lipinski definition) is 1. The van der Waals surface area contributed by atoms with Gasteiger partial charge in [0.1, 0.15) is 5.82 Å². The third-order valence-electron chi connectivity index (χ3n) is 1.94. The maximum atomic E-state index is 12.9. The third-order valence-corrected chi connectivity index (χ3v) is 2.08. The molecule has 0 radical (unpaired) electrons. The second-order valence-electron chi connectivity index (χ2n) is 3.48. The predicted octanol–water partition coefficient (Wildman–Crippen LogP) is 2.53. The van der Waals surface area contributed by atoms with Gasteiger partial charge in [0.05, 0.1) is 0 Å². The highest BCUT2D eigenvalue weighted by Gasteiger charge is 2.13. The van der Waals surface area contributed by atoms with Crippen LogP contribution in [0.3, 0.4) is 0 Å². The molecule has 2 nitrogen and oxygen atoms in total. The van der Waals surface area contributed by atoms with Gasteiger partial charge >= 0.3 is 0 Å². The average molecular weight is 230 g/mol. The Hall–Kier alpha value is -1.09. The summed E-state index contributed by atoms with van der Waals surface area (Å²) in [6.07, 6.45) is 0. The van der Waals surface area contributed by atoms with Crippen molar-refractivity contribution in [2.45, 2.75) is 12.3 Å². The Morgan fingerprint density at radius 1 is 1.60 bits per heavy atom. The summed E-state index contributed by atoms with van der Waals surface area (Å²) in [6.45, 7) is 2.24. The van der Waals surface area contributed by atoms with Crippen LogP contribution in [-0.4, -0.2) is 29.8 Å². The quantitative estimate of drug-likeness (QED) is 0.730. The summed E-state index contributed by atoms with van der Waals surface area (Å²) in [5.41, 5.74) is 0.342. The molecule has 1 aromatic carbocycles. The Morgan fingerprint density at radius 3 is 2.80 bits per heavy atom. The second-order valence-corrected chi connectivity index (χ2v) is 4.22. The molecule has 1 unspecified atom stereocenters. The van der Waals surface area contributed by atoms with Crippen LogP contribution in [0.5, 0.6) is 0 Å². The highest BCUT2D eigenvalue weighted by atomic mass is 35.5. The number of amides is 1. The molecule has 0 aliphatic rings. The molecule has 0 saturated heterocycles. The molecule has 0 heterocycles. The van der Waals surface area contributed by atoms with Crippen molar-refractivity contribution in [3.63, 3.8) is 0 Å². The summed E-state index contributed by atoms with van der Waals surface area (Å²) in [5.74, 6) is -0.629. The van der Waals surface area contributed by atoms with E-state index in [1.165, 1.54) is 23.1 Å². The van der Waals surface area contributed by atoms with Gasteiger partial charge < -0.3 is 4.90 Å². The van der Waals surface area contributed by atoms with E-state index >= 15 is 0 Å². The molecule has 0 aliphatic carbocycles. The summed E-state index contributed by atoms with van der Waals surface area (Å²) in [4.78, 5) is 13.2. The predicted molar refractivity (Wildman–Crippen MR) is 58.7 cm³/mol.